The Labute approximate surface area is 109 Å². The third-order valence-electron chi connectivity index (χ3n) is 3.01. The van der Waals surface area contributed by atoms with E-state index < -0.39 is 9.84 Å². The average molecular weight is 271 g/mol. The fourth-order valence-electron chi connectivity index (χ4n) is 1.93. The van der Waals surface area contributed by atoms with Crippen molar-refractivity contribution in [3.8, 4) is 0 Å². The summed E-state index contributed by atoms with van der Waals surface area (Å²) in [4.78, 5) is 2.33. The first-order valence-electron chi connectivity index (χ1n) is 6.02. The lowest BCUT2D eigenvalue weighted by molar-refractivity contribution is 0.210. The van der Waals surface area contributed by atoms with Gasteiger partial charge in [0.2, 0.25) is 0 Å². The Hall–Kier alpha value is -0.910. The fourth-order valence-corrected chi connectivity index (χ4v) is 2.86. The summed E-state index contributed by atoms with van der Waals surface area (Å²) in [5.74, 6) is 0.100. The van der Waals surface area contributed by atoms with Crippen LogP contribution in [0.3, 0.4) is 0 Å². The summed E-state index contributed by atoms with van der Waals surface area (Å²) < 4.78 is 23.7. The van der Waals surface area contributed by atoms with Crippen molar-refractivity contribution in [3.63, 3.8) is 0 Å². The summed E-state index contributed by atoms with van der Waals surface area (Å²) in [5.41, 5.74) is 0.920. The zero-order valence-electron chi connectivity index (χ0n) is 11.1. The van der Waals surface area contributed by atoms with Crippen molar-refractivity contribution in [1.29, 1.82) is 0 Å². The largest absolute Gasteiger partial charge is 0.396 e. The molecule has 0 spiro atoms. The van der Waals surface area contributed by atoms with Crippen LogP contribution >= 0.6 is 0 Å². The smallest absolute Gasteiger partial charge is 0.178 e. The topological polar surface area (TPSA) is 57.6 Å². The molecule has 0 saturated heterocycles. The van der Waals surface area contributed by atoms with E-state index in [4.69, 9.17) is 5.11 Å². The van der Waals surface area contributed by atoms with E-state index in [-0.39, 0.29) is 18.4 Å². The second-order valence-corrected chi connectivity index (χ2v) is 6.75. The van der Waals surface area contributed by atoms with Gasteiger partial charge >= 0.3 is 0 Å². The van der Waals surface area contributed by atoms with Crippen molar-refractivity contribution in [2.45, 2.75) is 24.3 Å². The third-order valence-corrected chi connectivity index (χ3v) is 4.74. The van der Waals surface area contributed by atoms with Gasteiger partial charge in [-0.15, -0.1) is 0 Å². The minimum absolute atomic E-state index is 0.0296. The van der Waals surface area contributed by atoms with Gasteiger partial charge in [-0.1, -0.05) is 19.1 Å². The molecule has 0 aliphatic rings. The highest BCUT2D eigenvalue weighted by Gasteiger charge is 2.17. The van der Waals surface area contributed by atoms with Crippen molar-refractivity contribution in [2.24, 2.45) is 0 Å². The highest BCUT2D eigenvalue weighted by atomic mass is 32.2. The normalized spacial score (nSPS) is 13.8. The molecule has 0 fully saturated rings. The molecule has 0 radical (unpaired) electrons. The molecule has 5 heteroatoms. The van der Waals surface area contributed by atoms with Gasteiger partial charge in [0.1, 0.15) is 0 Å². The lowest BCUT2D eigenvalue weighted by Gasteiger charge is -2.24. The summed E-state index contributed by atoms with van der Waals surface area (Å²) in [6.07, 6.45) is 0.586. The highest BCUT2D eigenvalue weighted by molar-refractivity contribution is 7.91. The molecule has 1 N–H and O–H groups in total. The molecule has 1 unspecified atom stereocenters. The Morgan fingerprint density at radius 3 is 2.50 bits per heavy atom. The number of hydrogen-bond donors (Lipinski definition) is 1. The van der Waals surface area contributed by atoms with Crippen LogP contribution < -0.4 is 0 Å². The van der Waals surface area contributed by atoms with E-state index in [0.717, 1.165) is 5.56 Å². The second-order valence-electron chi connectivity index (χ2n) is 4.47. The molecule has 18 heavy (non-hydrogen) atoms. The van der Waals surface area contributed by atoms with Crippen LogP contribution in [0.15, 0.2) is 29.2 Å². The Morgan fingerprint density at radius 2 is 2.00 bits per heavy atom. The van der Waals surface area contributed by atoms with E-state index in [1.165, 1.54) is 0 Å². The van der Waals surface area contributed by atoms with Crippen LogP contribution in [0.4, 0.5) is 0 Å². The number of benzene rings is 1. The lowest BCUT2D eigenvalue weighted by atomic mass is 10.0. The molecule has 0 heterocycles. The molecule has 0 amide bonds. The maximum absolute atomic E-state index is 11.8. The summed E-state index contributed by atoms with van der Waals surface area (Å²) in [6, 6.07) is 7.01. The molecule has 1 aromatic carbocycles. The van der Waals surface area contributed by atoms with E-state index in [2.05, 4.69) is 0 Å². The predicted molar refractivity (Wildman–Crippen MR) is 72.3 cm³/mol. The Bertz CT molecular complexity index is 483. The molecule has 1 aromatic rings. The quantitative estimate of drug-likeness (QED) is 0.851. The SMILES string of the molecule is CCS(=O)(=O)c1cccc(C(CCO)N(C)C)c1. The molecular formula is C13H21NO3S. The Morgan fingerprint density at radius 1 is 1.33 bits per heavy atom. The number of aliphatic hydroxyl groups excluding tert-OH is 1. The Kier molecular flexibility index (Phi) is 5.31. The standard InChI is InChI=1S/C13H21NO3S/c1-4-18(16,17)12-7-5-6-11(10-12)13(8-9-15)14(2)3/h5-7,10,13,15H,4,8-9H2,1-3H3. The molecule has 0 bridgehead atoms. The maximum atomic E-state index is 11.8. The van der Waals surface area contributed by atoms with Gasteiger partial charge in [-0.25, -0.2) is 8.42 Å². The summed E-state index contributed by atoms with van der Waals surface area (Å²) >= 11 is 0. The molecule has 4 nitrogen and oxygen atoms in total. The van der Waals surface area contributed by atoms with E-state index in [9.17, 15) is 8.42 Å². The van der Waals surface area contributed by atoms with Gasteiger partial charge in [-0.05, 0) is 38.2 Å². The van der Waals surface area contributed by atoms with E-state index in [0.29, 0.717) is 11.3 Å². The molecule has 0 aromatic heterocycles. The molecule has 0 aliphatic heterocycles. The molecule has 0 aliphatic carbocycles. The number of aliphatic hydroxyl groups is 1. The highest BCUT2D eigenvalue weighted by Crippen LogP contribution is 2.24. The van der Waals surface area contributed by atoms with Crippen molar-refractivity contribution in [1.82, 2.24) is 4.90 Å². The van der Waals surface area contributed by atoms with Crippen molar-refractivity contribution in [3.05, 3.63) is 29.8 Å². The Balaban J connectivity index is 3.15. The number of nitrogens with zero attached hydrogens (tertiary/aromatic N) is 1. The number of hydrogen-bond acceptors (Lipinski definition) is 4. The van der Waals surface area contributed by atoms with Crippen molar-refractivity contribution < 1.29 is 13.5 Å². The molecule has 102 valence electrons. The predicted octanol–water partition coefficient (Wildman–Crippen LogP) is 1.47. The monoisotopic (exact) mass is 271 g/mol. The van der Waals surface area contributed by atoms with Gasteiger partial charge in [-0.2, -0.15) is 0 Å². The van der Waals surface area contributed by atoms with Gasteiger partial charge in [0.05, 0.1) is 10.6 Å². The van der Waals surface area contributed by atoms with Crippen LogP contribution in [0.1, 0.15) is 24.9 Å². The van der Waals surface area contributed by atoms with Crippen LogP contribution in [0.25, 0.3) is 0 Å². The molecule has 0 saturated carbocycles. The molecular weight excluding hydrogens is 250 g/mol. The van der Waals surface area contributed by atoms with Gasteiger partial charge in [0.15, 0.2) is 9.84 Å². The van der Waals surface area contributed by atoms with Crippen LogP contribution in [-0.2, 0) is 9.84 Å². The zero-order valence-corrected chi connectivity index (χ0v) is 11.9. The van der Waals surface area contributed by atoms with Crippen LogP contribution in [0.2, 0.25) is 0 Å². The average Bonchev–Trinajstić information content (AvgIpc) is 2.35. The van der Waals surface area contributed by atoms with Gasteiger partial charge in [0, 0.05) is 12.6 Å². The summed E-state index contributed by atoms with van der Waals surface area (Å²) in [7, 11) is 0.660. The fraction of sp³-hybridized carbons (Fsp3) is 0.538. The second kappa shape index (κ2) is 6.31. The summed E-state index contributed by atoms with van der Waals surface area (Å²) in [6.45, 7) is 1.72. The first-order valence-corrected chi connectivity index (χ1v) is 7.67. The minimum atomic E-state index is -3.18. The summed E-state index contributed by atoms with van der Waals surface area (Å²) in [5, 5.41) is 9.08. The zero-order chi connectivity index (χ0) is 13.8. The van der Waals surface area contributed by atoms with Gasteiger partial charge in [0.25, 0.3) is 0 Å². The maximum Gasteiger partial charge on any atom is 0.178 e. The van der Waals surface area contributed by atoms with Crippen LogP contribution in [-0.4, -0.2) is 44.9 Å². The lowest BCUT2D eigenvalue weighted by Crippen LogP contribution is -2.21. The number of sulfone groups is 1. The van der Waals surface area contributed by atoms with Crippen molar-refractivity contribution in [2.75, 3.05) is 26.5 Å². The molecule has 1 rings (SSSR count). The van der Waals surface area contributed by atoms with E-state index in [1.54, 1.807) is 25.1 Å². The van der Waals surface area contributed by atoms with Crippen LogP contribution in [0, 0.1) is 0 Å². The molecule has 1 atom stereocenters. The van der Waals surface area contributed by atoms with Crippen molar-refractivity contribution >= 4 is 9.84 Å². The third kappa shape index (κ3) is 3.54. The van der Waals surface area contributed by atoms with E-state index >= 15 is 0 Å². The van der Waals surface area contributed by atoms with Crippen LogP contribution in [0.5, 0.6) is 0 Å². The van der Waals surface area contributed by atoms with E-state index in [1.807, 2.05) is 25.1 Å². The van der Waals surface area contributed by atoms with Gasteiger partial charge in [-0.3, -0.25) is 0 Å². The first-order chi connectivity index (χ1) is 8.42. The van der Waals surface area contributed by atoms with Gasteiger partial charge < -0.3 is 10.0 Å². The minimum Gasteiger partial charge on any atom is -0.396 e. The first kappa shape index (κ1) is 15.1. The number of rotatable bonds is 6.